The van der Waals surface area contributed by atoms with Crippen molar-refractivity contribution in [1.82, 2.24) is 5.32 Å². The van der Waals surface area contributed by atoms with E-state index in [1.165, 1.54) is 7.11 Å². The lowest BCUT2D eigenvalue weighted by atomic mass is 10.1. The highest BCUT2D eigenvalue weighted by atomic mass is 35.5. The molecule has 0 spiro atoms. The molecule has 4 nitrogen and oxygen atoms in total. The highest BCUT2D eigenvalue weighted by Gasteiger charge is 2.22. The number of nitrogens with one attached hydrogen (secondary N) is 1. The van der Waals surface area contributed by atoms with Gasteiger partial charge in [-0.2, -0.15) is 0 Å². The molecule has 0 aromatic heterocycles. The summed E-state index contributed by atoms with van der Waals surface area (Å²) in [7, 11) is 1.32. The minimum atomic E-state index is -0.650. The highest BCUT2D eigenvalue weighted by molar-refractivity contribution is 6.33. The number of hydrogen-bond acceptors (Lipinski definition) is 3. The molecule has 0 saturated carbocycles. The van der Waals surface area contributed by atoms with Gasteiger partial charge in [-0.25, -0.2) is 4.79 Å². The van der Waals surface area contributed by atoms with Crippen LogP contribution in [0, 0.1) is 0 Å². The van der Waals surface area contributed by atoms with Crippen LogP contribution >= 0.6 is 11.6 Å². The molecular formula is C18H24ClNO3. The summed E-state index contributed by atoms with van der Waals surface area (Å²) in [5.41, 5.74) is 0.356. The van der Waals surface area contributed by atoms with Crippen molar-refractivity contribution in [1.29, 1.82) is 0 Å². The maximum absolute atomic E-state index is 12.3. The van der Waals surface area contributed by atoms with Gasteiger partial charge in [0.1, 0.15) is 6.04 Å². The third kappa shape index (κ3) is 6.87. The monoisotopic (exact) mass is 337 g/mol. The number of rotatable bonds is 10. The van der Waals surface area contributed by atoms with Crippen LogP contribution in [0.2, 0.25) is 5.02 Å². The van der Waals surface area contributed by atoms with Crippen LogP contribution in [0.15, 0.2) is 36.9 Å². The van der Waals surface area contributed by atoms with Gasteiger partial charge in [0.25, 0.3) is 5.91 Å². The minimum Gasteiger partial charge on any atom is -0.467 e. The molecule has 5 heteroatoms. The first-order valence-corrected chi connectivity index (χ1v) is 8.22. The molecule has 0 saturated heterocycles. The summed E-state index contributed by atoms with van der Waals surface area (Å²) in [6, 6.07) is 6.10. The Balaban J connectivity index is 2.54. The van der Waals surface area contributed by atoms with Gasteiger partial charge in [0.2, 0.25) is 0 Å². The molecule has 1 aromatic carbocycles. The van der Waals surface area contributed by atoms with Crippen molar-refractivity contribution in [2.24, 2.45) is 0 Å². The fourth-order valence-electron chi connectivity index (χ4n) is 2.26. The van der Waals surface area contributed by atoms with E-state index in [0.717, 1.165) is 32.1 Å². The summed E-state index contributed by atoms with van der Waals surface area (Å²) >= 11 is 6.01. The fourth-order valence-corrected chi connectivity index (χ4v) is 2.48. The first-order chi connectivity index (χ1) is 11.1. The van der Waals surface area contributed by atoms with Crippen molar-refractivity contribution in [2.45, 2.75) is 44.6 Å². The van der Waals surface area contributed by atoms with Crippen molar-refractivity contribution in [3.8, 4) is 0 Å². The molecule has 0 unspecified atom stereocenters. The topological polar surface area (TPSA) is 55.4 Å². The lowest BCUT2D eigenvalue weighted by Crippen LogP contribution is -2.41. The van der Waals surface area contributed by atoms with Crippen LogP contribution in [-0.2, 0) is 9.53 Å². The molecule has 0 radical (unpaired) electrons. The largest absolute Gasteiger partial charge is 0.467 e. The molecule has 1 N–H and O–H groups in total. The normalized spacial score (nSPS) is 11.6. The van der Waals surface area contributed by atoms with E-state index in [9.17, 15) is 9.59 Å². The number of unbranched alkanes of at least 4 members (excludes halogenated alkanes) is 4. The Bertz CT molecular complexity index is 531. The van der Waals surface area contributed by atoms with E-state index in [1.54, 1.807) is 24.3 Å². The van der Waals surface area contributed by atoms with Crippen LogP contribution in [0.3, 0.4) is 0 Å². The second-order valence-electron chi connectivity index (χ2n) is 5.31. The number of ether oxygens (including phenoxy) is 1. The molecule has 0 heterocycles. The van der Waals surface area contributed by atoms with E-state index >= 15 is 0 Å². The second kappa shape index (κ2) is 10.8. The number of methoxy groups -OCH3 is 1. The number of carbonyl (C=O) groups is 2. The summed E-state index contributed by atoms with van der Waals surface area (Å²) in [4.78, 5) is 24.1. The molecule has 1 aromatic rings. The van der Waals surface area contributed by atoms with E-state index < -0.39 is 12.0 Å². The maximum atomic E-state index is 12.3. The molecule has 126 valence electrons. The van der Waals surface area contributed by atoms with Gasteiger partial charge in [-0.3, -0.25) is 4.79 Å². The Kier molecular flexibility index (Phi) is 9.07. The molecule has 0 aliphatic heterocycles. The average molecular weight is 338 g/mol. The van der Waals surface area contributed by atoms with E-state index in [1.807, 2.05) is 6.08 Å². The summed E-state index contributed by atoms with van der Waals surface area (Å²) in [5, 5.41) is 3.07. The summed E-state index contributed by atoms with van der Waals surface area (Å²) in [5.74, 6) is -0.797. The predicted molar refractivity (Wildman–Crippen MR) is 92.6 cm³/mol. The number of hydrogen-bond donors (Lipinski definition) is 1. The van der Waals surface area contributed by atoms with Crippen molar-refractivity contribution >= 4 is 23.5 Å². The predicted octanol–water partition coefficient (Wildman–Crippen LogP) is 4.14. The van der Waals surface area contributed by atoms with Gasteiger partial charge < -0.3 is 10.1 Å². The van der Waals surface area contributed by atoms with Gasteiger partial charge in [-0.1, -0.05) is 49.1 Å². The van der Waals surface area contributed by atoms with Gasteiger partial charge in [0, 0.05) is 0 Å². The van der Waals surface area contributed by atoms with Gasteiger partial charge >= 0.3 is 5.97 Å². The summed E-state index contributed by atoms with van der Waals surface area (Å²) in [6.45, 7) is 3.69. The Morgan fingerprint density at radius 3 is 2.61 bits per heavy atom. The van der Waals surface area contributed by atoms with Crippen molar-refractivity contribution in [3.05, 3.63) is 47.5 Å². The summed E-state index contributed by atoms with van der Waals surface area (Å²) in [6.07, 6.45) is 7.49. The molecule has 1 amide bonds. The molecule has 0 aliphatic rings. The Morgan fingerprint density at radius 2 is 1.96 bits per heavy atom. The minimum absolute atomic E-state index is 0.356. The second-order valence-corrected chi connectivity index (χ2v) is 5.72. The SMILES string of the molecule is C=CCCCCCC[C@@H](NC(=O)c1ccccc1Cl)C(=O)OC. The summed E-state index contributed by atoms with van der Waals surface area (Å²) < 4.78 is 4.78. The Hall–Kier alpha value is -1.81. The van der Waals surface area contributed by atoms with E-state index in [-0.39, 0.29) is 5.91 Å². The molecule has 0 aliphatic carbocycles. The quantitative estimate of drug-likeness (QED) is 0.396. The third-order valence-corrected chi connectivity index (χ3v) is 3.89. The van der Waals surface area contributed by atoms with Crippen LogP contribution in [-0.4, -0.2) is 25.0 Å². The molecule has 1 atom stereocenters. The highest BCUT2D eigenvalue weighted by Crippen LogP contribution is 2.16. The Labute approximate surface area is 142 Å². The smallest absolute Gasteiger partial charge is 0.328 e. The van der Waals surface area contributed by atoms with E-state index in [2.05, 4.69) is 11.9 Å². The zero-order chi connectivity index (χ0) is 17.1. The number of amides is 1. The number of esters is 1. The van der Waals surface area contributed by atoms with Crippen LogP contribution in [0.25, 0.3) is 0 Å². The van der Waals surface area contributed by atoms with E-state index in [0.29, 0.717) is 17.0 Å². The van der Waals surface area contributed by atoms with Crippen LogP contribution in [0.4, 0.5) is 0 Å². The van der Waals surface area contributed by atoms with Crippen molar-refractivity contribution in [3.63, 3.8) is 0 Å². The number of halogens is 1. The molecule has 0 bridgehead atoms. The lowest BCUT2D eigenvalue weighted by molar-refractivity contribution is -0.143. The standard InChI is InChI=1S/C18H24ClNO3/c1-3-4-5-6-7-8-13-16(18(22)23-2)20-17(21)14-11-9-10-12-15(14)19/h3,9-12,16H,1,4-8,13H2,2H3,(H,20,21)/t16-/m1/s1. The third-order valence-electron chi connectivity index (χ3n) is 3.56. The molecule has 1 rings (SSSR count). The van der Waals surface area contributed by atoms with Crippen LogP contribution < -0.4 is 5.32 Å². The first-order valence-electron chi connectivity index (χ1n) is 7.84. The zero-order valence-corrected chi connectivity index (χ0v) is 14.3. The first kappa shape index (κ1) is 19.2. The van der Waals surface area contributed by atoms with Gasteiger partial charge in [-0.15, -0.1) is 6.58 Å². The Morgan fingerprint density at radius 1 is 1.26 bits per heavy atom. The van der Waals surface area contributed by atoms with Crippen LogP contribution in [0.5, 0.6) is 0 Å². The molecule has 23 heavy (non-hydrogen) atoms. The van der Waals surface area contributed by atoms with Crippen molar-refractivity contribution in [2.75, 3.05) is 7.11 Å². The van der Waals surface area contributed by atoms with Gasteiger partial charge in [-0.05, 0) is 31.4 Å². The average Bonchev–Trinajstić information content (AvgIpc) is 2.56. The number of carbonyl (C=O) groups excluding carboxylic acids is 2. The van der Waals surface area contributed by atoms with E-state index in [4.69, 9.17) is 16.3 Å². The maximum Gasteiger partial charge on any atom is 0.328 e. The van der Waals surface area contributed by atoms with Gasteiger partial charge in [0.15, 0.2) is 0 Å². The lowest BCUT2D eigenvalue weighted by Gasteiger charge is -2.17. The van der Waals surface area contributed by atoms with Gasteiger partial charge in [0.05, 0.1) is 17.7 Å². The molecule has 0 fully saturated rings. The zero-order valence-electron chi connectivity index (χ0n) is 13.5. The molecular weight excluding hydrogens is 314 g/mol. The fraction of sp³-hybridized carbons (Fsp3) is 0.444. The van der Waals surface area contributed by atoms with Crippen molar-refractivity contribution < 1.29 is 14.3 Å². The van der Waals surface area contributed by atoms with Crippen LogP contribution in [0.1, 0.15) is 48.9 Å². The number of benzene rings is 1. The number of allylic oxidation sites excluding steroid dienone is 1.